The van der Waals surface area contributed by atoms with Crippen LogP contribution in [0, 0.1) is 0 Å². The van der Waals surface area contributed by atoms with E-state index in [1.807, 2.05) is 78.9 Å². The van der Waals surface area contributed by atoms with Gasteiger partial charge in [-0.2, -0.15) is 0 Å². The number of pyridine rings is 2. The minimum atomic E-state index is -0.948. The number of amides is 3. The van der Waals surface area contributed by atoms with Crippen LogP contribution in [0.3, 0.4) is 0 Å². The van der Waals surface area contributed by atoms with Gasteiger partial charge < -0.3 is 16.0 Å². The third-order valence-corrected chi connectivity index (χ3v) is 7.34. The van der Waals surface area contributed by atoms with Gasteiger partial charge in [-0.05, 0) is 54.4 Å². The van der Waals surface area contributed by atoms with Gasteiger partial charge in [0.05, 0.1) is 30.2 Å². The fourth-order valence-corrected chi connectivity index (χ4v) is 4.98. The number of hydrogen-bond acceptors (Lipinski definition) is 6. The molecule has 226 valence electrons. The van der Waals surface area contributed by atoms with E-state index in [1.165, 1.54) is 0 Å². The highest BCUT2D eigenvalue weighted by Gasteiger charge is 2.24. The molecular weight excluding hydrogens is 566 g/mol. The van der Waals surface area contributed by atoms with Crippen LogP contribution in [-0.4, -0.2) is 52.1 Å². The van der Waals surface area contributed by atoms with Crippen molar-refractivity contribution >= 4 is 34.4 Å². The zero-order valence-corrected chi connectivity index (χ0v) is 24.8. The molecule has 0 spiro atoms. The molecule has 3 amide bonds. The Morgan fingerprint density at radius 2 is 1.49 bits per heavy atom. The Hall–Kier alpha value is -5.70. The van der Waals surface area contributed by atoms with E-state index in [-0.39, 0.29) is 31.1 Å². The second-order valence-electron chi connectivity index (χ2n) is 10.7. The summed E-state index contributed by atoms with van der Waals surface area (Å²) in [5.41, 5.74) is 4.37. The fourth-order valence-electron chi connectivity index (χ4n) is 4.98. The van der Waals surface area contributed by atoms with Gasteiger partial charge in [-0.1, -0.05) is 66.7 Å². The number of Topliss-reactive ketones (excluding diaryl/α,β-unsaturated/α-hetero) is 1. The molecule has 2 heterocycles. The van der Waals surface area contributed by atoms with E-state index >= 15 is 0 Å². The number of rotatable bonds is 12. The van der Waals surface area contributed by atoms with Crippen LogP contribution in [0.15, 0.2) is 116 Å². The van der Waals surface area contributed by atoms with Crippen molar-refractivity contribution < 1.29 is 19.2 Å². The van der Waals surface area contributed by atoms with Crippen LogP contribution in [0.4, 0.5) is 0 Å². The van der Waals surface area contributed by atoms with Crippen molar-refractivity contribution in [2.75, 3.05) is 6.54 Å². The minimum Gasteiger partial charge on any atom is -0.347 e. The minimum absolute atomic E-state index is 0.0829. The molecule has 0 saturated heterocycles. The summed E-state index contributed by atoms with van der Waals surface area (Å²) >= 11 is 0. The van der Waals surface area contributed by atoms with Gasteiger partial charge in [0.1, 0.15) is 6.04 Å². The lowest BCUT2D eigenvalue weighted by molar-refractivity contribution is -0.128. The second kappa shape index (κ2) is 14.7. The maximum Gasteiger partial charge on any atom is 0.252 e. The zero-order chi connectivity index (χ0) is 31.6. The number of benzene rings is 3. The molecule has 3 aromatic carbocycles. The monoisotopic (exact) mass is 599 g/mol. The number of nitrogens with zero attached hydrogens (tertiary/aromatic N) is 2. The number of carbonyl (C=O) groups is 4. The van der Waals surface area contributed by atoms with E-state index < -0.39 is 23.9 Å². The number of aromatic nitrogens is 2. The highest BCUT2D eigenvalue weighted by Crippen LogP contribution is 2.19. The molecule has 0 aliphatic rings. The number of ketones is 1. The molecular formula is C36H33N5O4. The average Bonchev–Trinajstić information content (AvgIpc) is 3.07. The molecule has 9 nitrogen and oxygen atoms in total. The Balaban J connectivity index is 1.19. The molecule has 9 heteroatoms. The van der Waals surface area contributed by atoms with Crippen LogP contribution in [0.2, 0.25) is 0 Å². The summed E-state index contributed by atoms with van der Waals surface area (Å²) < 4.78 is 0. The van der Waals surface area contributed by atoms with Crippen molar-refractivity contribution in [3.63, 3.8) is 0 Å². The SMILES string of the molecule is CC(NC(=O)Cc1cccc(-c2ccccn2)c1)C(=O)CNC(=O)[C@H](Cc1ccccc1)NC(=O)c1cccc2ncccc12. The van der Waals surface area contributed by atoms with E-state index in [0.717, 1.165) is 22.4 Å². The van der Waals surface area contributed by atoms with Crippen molar-refractivity contribution in [3.8, 4) is 11.3 Å². The third kappa shape index (κ3) is 8.23. The van der Waals surface area contributed by atoms with Crippen molar-refractivity contribution in [3.05, 3.63) is 132 Å². The summed E-state index contributed by atoms with van der Waals surface area (Å²) in [6, 6.07) is 29.4. The highest BCUT2D eigenvalue weighted by atomic mass is 16.2. The van der Waals surface area contributed by atoms with Gasteiger partial charge in [0.2, 0.25) is 11.8 Å². The van der Waals surface area contributed by atoms with Gasteiger partial charge in [0.15, 0.2) is 5.78 Å². The Morgan fingerprint density at radius 1 is 0.733 bits per heavy atom. The largest absolute Gasteiger partial charge is 0.347 e. The molecule has 5 aromatic rings. The number of carbonyl (C=O) groups excluding carboxylic acids is 4. The maximum absolute atomic E-state index is 13.3. The predicted molar refractivity (Wildman–Crippen MR) is 172 cm³/mol. The molecule has 2 atom stereocenters. The first-order valence-electron chi connectivity index (χ1n) is 14.7. The van der Waals surface area contributed by atoms with Crippen LogP contribution in [0.1, 0.15) is 28.4 Å². The molecule has 0 radical (unpaired) electrons. The molecule has 1 unspecified atom stereocenters. The number of hydrogen-bond donors (Lipinski definition) is 3. The molecule has 0 bridgehead atoms. The van der Waals surface area contributed by atoms with E-state index in [9.17, 15) is 19.2 Å². The van der Waals surface area contributed by atoms with Gasteiger partial charge in [-0.25, -0.2) is 0 Å². The van der Waals surface area contributed by atoms with Crippen molar-refractivity contribution in [1.82, 2.24) is 25.9 Å². The summed E-state index contributed by atoms with van der Waals surface area (Å²) in [5.74, 6) is -1.63. The standard InChI is InChI=1S/C36H33N5O4/c1-24(40-34(43)22-26-12-7-13-27(20-26)30-16-5-6-18-37-30)33(42)23-39-36(45)32(21-25-10-3-2-4-11-25)41-35(44)29-14-8-17-31-28(29)15-9-19-38-31/h2-20,24,32H,21-23H2,1H3,(H,39,45)(H,40,43)(H,41,44)/t24?,32-/m0/s1. The van der Waals surface area contributed by atoms with E-state index in [1.54, 1.807) is 43.6 Å². The fraction of sp³-hybridized carbons (Fsp3) is 0.167. The summed E-state index contributed by atoms with van der Waals surface area (Å²) in [6.45, 7) is 1.27. The molecule has 0 aliphatic heterocycles. The van der Waals surface area contributed by atoms with E-state index in [4.69, 9.17) is 0 Å². The molecule has 0 saturated carbocycles. The van der Waals surface area contributed by atoms with E-state index in [2.05, 4.69) is 25.9 Å². The Kier molecular flexibility index (Phi) is 10.0. The zero-order valence-electron chi connectivity index (χ0n) is 24.8. The molecule has 3 N–H and O–H groups in total. The van der Waals surface area contributed by atoms with Crippen molar-refractivity contribution in [2.24, 2.45) is 0 Å². The predicted octanol–water partition coefficient (Wildman–Crippen LogP) is 4.07. The first-order chi connectivity index (χ1) is 21.9. The summed E-state index contributed by atoms with van der Waals surface area (Å²) in [6.07, 6.45) is 3.66. The number of fused-ring (bicyclic) bond motifs is 1. The van der Waals surface area contributed by atoms with Crippen molar-refractivity contribution in [1.29, 1.82) is 0 Å². The Morgan fingerprint density at radius 3 is 2.29 bits per heavy atom. The number of nitrogens with one attached hydrogen (secondary N) is 3. The third-order valence-electron chi connectivity index (χ3n) is 7.34. The molecule has 0 aliphatic carbocycles. The lowest BCUT2D eigenvalue weighted by atomic mass is 10.0. The van der Waals surface area contributed by atoms with Crippen LogP contribution in [0.5, 0.6) is 0 Å². The smallest absolute Gasteiger partial charge is 0.252 e. The summed E-state index contributed by atoms with van der Waals surface area (Å²) in [7, 11) is 0. The second-order valence-corrected chi connectivity index (χ2v) is 10.7. The molecule has 5 rings (SSSR count). The molecule has 45 heavy (non-hydrogen) atoms. The van der Waals surface area contributed by atoms with Crippen LogP contribution in [0.25, 0.3) is 22.2 Å². The lowest BCUT2D eigenvalue weighted by Gasteiger charge is -2.20. The van der Waals surface area contributed by atoms with E-state index in [0.29, 0.717) is 16.5 Å². The summed E-state index contributed by atoms with van der Waals surface area (Å²) in [5, 5.41) is 8.88. The van der Waals surface area contributed by atoms with Crippen LogP contribution < -0.4 is 16.0 Å². The lowest BCUT2D eigenvalue weighted by Crippen LogP contribution is -2.51. The molecule has 0 fully saturated rings. The maximum atomic E-state index is 13.3. The van der Waals surface area contributed by atoms with Gasteiger partial charge in [0.25, 0.3) is 5.91 Å². The van der Waals surface area contributed by atoms with Gasteiger partial charge in [0, 0.05) is 35.3 Å². The Bertz CT molecular complexity index is 1810. The van der Waals surface area contributed by atoms with Crippen LogP contribution in [-0.2, 0) is 27.2 Å². The highest BCUT2D eigenvalue weighted by molar-refractivity contribution is 6.07. The normalized spacial score (nSPS) is 12.1. The average molecular weight is 600 g/mol. The van der Waals surface area contributed by atoms with Gasteiger partial charge in [-0.3, -0.25) is 29.1 Å². The first-order valence-corrected chi connectivity index (χ1v) is 14.7. The topological polar surface area (TPSA) is 130 Å². The Labute approximate surface area is 261 Å². The summed E-state index contributed by atoms with van der Waals surface area (Å²) in [4.78, 5) is 61.0. The van der Waals surface area contributed by atoms with Crippen LogP contribution >= 0.6 is 0 Å². The first kappa shape index (κ1) is 30.7. The van der Waals surface area contributed by atoms with Gasteiger partial charge >= 0.3 is 0 Å². The quantitative estimate of drug-likeness (QED) is 0.198. The molecule has 2 aromatic heterocycles. The van der Waals surface area contributed by atoms with Gasteiger partial charge in [-0.15, -0.1) is 0 Å². The van der Waals surface area contributed by atoms with Crippen molar-refractivity contribution in [2.45, 2.75) is 31.8 Å².